The van der Waals surface area contributed by atoms with Gasteiger partial charge in [0.1, 0.15) is 24.4 Å². The molecule has 38 heavy (non-hydrogen) atoms. The minimum absolute atomic E-state index is 0.348. The van der Waals surface area contributed by atoms with Gasteiger partial charge in [0.25, 0.3) is 0 Å². The van der Waals surface area contributed by atoms with Crippen LogP contribution < -0.4 is 5.73 Å². The van der Waals surface area contributed by atoms with E-state index in [4.69, 9.17) is 24.7 Å². The van der Waals surface area contributed by atoms with E-state index in [1.165, 1.54) is 0 Å². The third-order valence-electron chi connectivity index (χ3n) is 6.83. The molecule has 1 unspecified atom stereocenters. The Morgan fingerprint density at radius 3 is 1.53 bits per heavy atom. The summed E-state index contributed by atoms with van der Waals surface area (Å²) < 4.78 is 25.9. The number of rotatable bonds is 11. The molecule has 5 atom stereocenters. The molecular formula is C33H35NO4. The molecule has 0 saturated carbocycles. The van der Waals surface area contributed by atoms with Gasteiger partial charge in [0, 0.05) is 0 Å². The van der Waals surface area contributed by atoms with Gasteiger partial charge in [-0.2, -0.15) is 0 Å². The van der Waals surface area contributed by atoms with Gasteiger partial charge in [-0.15, -0.1) is 0 Å². The van der Waals surface area contributed by atoms with Crippen LogP contribution in [0.15, 0.2) is 121 Å². The molecule has 1 aliphatic rings. The molecule has 0 radical (unpaired) electrons. The zero-order chi connectivity index (χ0) is 26.0. The molecule has 4 aromatic carbocycles. The Kier molecular flexibility index (Phi) is 9.32. The summed E-state index contributed by atoms with van der Waals surface area (Å²) in [5.41, 5.74) is 11.2. The van der Waals surface area contributed by atoms with Crippen molar-refractivity contribution in [2.45, 2.75) is 50.3 Å². The lowest BCUT2D eigenvalue weighted by Crippen LogP contribution is -2.60. The Labute approximate surface area is 225 Å². The van der Waals surface area contributed by atoms with Gasteiger partial charge in [-0.05, 0) is 22.3 Å². The molecule has 5 rings (SSSR count). The standard InChI is InChI=1S/C33H35NO4/c34-30-31(28-19-11-4-12-20-28)38-29(24-35-21-25-13-5-1-6-14-25)32(36-22-26-15-7-2-8-16-26)33(30)37-23-27-17-9-3-10-18-27/h1-20,29-33H,21-24,34H2/t29?,30-,31+,32+,33-/m1/s1. The number of hydrogen-bond donors (Lipinski definition) is 1. The maximum absolute atomic E-state index is 6.89. The summed E-state index contributed by atoms with van der Waals surface area (Å²) in [5.74, 6) is 0. The first-order valence-electron chi connectivity index (χ1n) is 13.2. The summed E-state index contributed by atoms with van der Waals surface area (Å²) in [6, 6.07) is 40.1. The van der Waals surface area contributed by atoms with Gasteiger partial charge in [0.05, 0.1) is 32.5 Å². The van der Waals surface area contributed by atoms with Crippen molar-refractivity contribution in [3.63, 3.8) is 0 Å². The first-order valence-corrected chi connectivity index (χ1v) is 13.2. The Balaban J connectivity index is 1.39. The summed E-state index contributed by atoms with van der Waals surface area (Å²) in [6.07, 6.45) is -1.53. The maximum atomic E-state index is 6.89. The van der Waals surface area contributed by atoms with E-state index in [1.807, 2.05) is 84.9 Å². The van der Waals surface area contributed by atoms with Crippen molar-refractivity contribution in [3.05, 3.63) is 144 Å². The van der Waals surface area contributed by atoms with Crippen LogP contribution in [0.5, 0.6) is 0 Å². The van der Waals surface area contributed by atoms with Gasteiger partial charge in [-0.3, -0.25) is 0 Å². The predicted octanol–water partition coefficient (Wildman–Crippen LogP) is 5.84. The average Bonchev–Trinajstić information content (AvgIpc) is 2.98. The zero-order valence-corrected chi connectivity index (χ0v) is 21.5. The van der Waals surface area contributed by atoms with E-state index >= 15 is 0 Å². The van der Waals surface area contributed by atoms with Gasteiger partial charge in [-0.1, -0.05) is 121 Å². The van der Waals surface area contributed by atoms with Crippen molar-refractivity contribution in [1.29, 1.82) is 0 Å². The molecule has 1 aliphatic heterocycles. The lowest BCUT2D eigenvalue weighted by molar-refractivity contribution is -0.230. The number of nitrogens with two attached hydrogens (primary N) is 1. The predicted molar refractivity (Wildman–Crippen MR) is 148 cm³/mol. The van der Waals surface area contributed by atoms with Crippen LogP contribution in [-0.2, 0) is 38.8 Å². The van der Waals surface area contributed by atoms with Gasteiger partial charge in [-0.25, -0.2) is 0 Å². The molecule has 0 aromatic heterocycles. The monoisotopic (exact) mass is 509 g/mol. The highest BCUT2D eigenvalue weighted by Crippen LogP contribution is 2.35. The third-order valence-corrected chi connectivity index (χ3v) is 6.83. The van der Waals surface area contributed by atoms with Crippen molar-refractivity contribution >= 4 is 0 Å². The lowest BCUT2D eigenvalue weighted by atomic mass is 9.89. The molecule has 0 spiro atoms. The number of ether oxygens (including phenoxy) is 4. The minimum atomic E-state index is -0.424. The van der Waals surface area contributed by atoms with E-state index < -0.39 is 18.2 Å². The molecule has 196 valence electrons. The Bertz CT molecular complexity index is 1210. The molecule has 0 aliphatic carbocycles. The number of hydrogen-bond acceptors (Lipinski definition) is 5. The second-order valence-electron chi connectivity index (χ2n) is 9.61. The fourth-order valence-corrected chi connectivity index (χ4v) is 4.85. The van der Waals surface area contributed by atoms with Crippen LogP contribution in [0.4, 0.5) is 0 Å². The molecular weight excluding hydrogens is 474 g/mol. The average molecular weight is 510 g/mol. The topological polar surface area (TPSA) is 62.9 Å². The van der Waals surface area contributed by atoms with Crippen molar-refractivity contribution in [2.24, 2.45) is 5.73 Å². The Morgan fingerprint density at radius 1 is 0.553 bits per heavy atom. The van der Waals surface area contributed by atoms with Gasteiger partial charge < -0.3 is 24.7 Å². The molecule has 0 bridgehead atoms. The van der Waals surface area contributed by atoms with Gasteiger partial charge in [0.2, 0.25) is 0 Å². The third kappa shape index (κ3) is 6.95. The van der Waals surface area contributed by atoms with Gasteiger partial charge >= 0.3 is 0 Å². The highest BCUT2D eigenvalue weighted by Gasteiger charge is 2.46. The number of benzene rings is 4. The van der Waals surface area contributed by atoms with Crippen LogP contribution in [0.25, 0.3) is 0 Å². The SMILES string of the molecule is N[C@H]1[C@@H](OCc2ccccc2)[C@@H](OCc2ccccc2)C(COCc2ccccc2)O[C@H]1c1ccccc1. The van der Waals surface area contributed by atoms with E-state index in [0.29, 0.717) is 26.4 Å². The normalized spacial score (nSPS) is 23.2. The Morgan fingerprint density at radius 2 is 1.00 bits per heavy atom. The summed E-state index contributed by atoms with van der Waals surface area (Å²) in [5, 5.41) is 0. The largest absolute Gasteiger partial charge is 0.374 e. The van der Waals surface area contributed by atoms with Crippen LogP contribution in [0.2, 0.25) is 0 Å². The lowest BCUT2D eigenvalue weighted by Gasteiger charge is -2.45. The van der Waals surface area contributed by atoms with Crippen LogP contribution in [0, 0.1) is 0 Å². The molecule has 2 N–H and O–H groups in total. The van der Waals surface area contributed by atoms with Crippen molar-refractivity contribution in [3.8, 4) is 0 Å². The van der Waals surface area contributed by atoms with E-state index in [0.717, 1.165) is 22.3 Å². The van der Waals surface area contributed by atoms with Crippen molar-refractivity contribution in [2.75, 3.05) is 6.61 Å². The Hall–Kier alpha value is -3.32. The first-order chi connectivity index (χ1) is 18.8. The van der Waals surface area contributed by atoms with Crippen LogP contribution in [0.1, 0.15) is 28.4 Å². The summed E-state index contributed by atoms with van der Waals surface area (Å²) in [4.78, 5) is 0. The quantitative estimate of drug-likeness (QED) is 0.275. The summed E-state index contributed by atoms with van der Waals surface area (Å²) in [6.45, 7) is 1.71. The van der Waals surface area contributed by atoms with E-state index in [-0.39, 0.29) is 12.2 Å². The van der Waals surface area contributed by atoms with Crippen LogP contribution in [0.3, 0.4) is 0 Å². The van der Waals surface area contributed by atoms with Crippen molar-refractivity contribution in [1.82, 2.24) is 0 Å². The fraction of sp³-hybridized carbons (Fsp3) is 0.273. The maximum Gasteiger partial charge on any atom is 0.114 e. The smallest absolute Gasteiger partial charge is 0.114 e. The van der Waals surface area contributed by atoms with Crippen molar-refractivity contribution < 1.29 is 18.9 Å². The molecule has 5 nitrogen and oxygen atoms in total. The van der Waals surface area contributed by atoms with E-state index in [1.54, 1.807) is 0 Å². The second kappa shape index (κ2) is 13.5. The second-order valence-corrected chi connectivity index (χ2v) is 9.61. The molecule has 1 fully saturated rings. The van der Waals surface area contributed by atoms with Crippen LogP contribution in [-0.4, -0.2) is 31.0 Å². The summed E-state index contributed by atoms with van der Waals surface area (Å²) >= 11 is 0. The molecule has 0 amide bonds. The highest BCUT2D eigenvalue weighted by molar-refractivity contribution is 5.22. The van der Waals surface area contributed by atoms with E-state index in [9.17, 15) is 0 Å². The fourth-order valence-electron chi connectivity index (χ4n) is 4.85. The molecule has 4 aromatic rings. The summed E-state index contributed by atoms with van der Waals surface area (Å²) in [7, 11) is 0. The minimum Gasteiger partial charge on any atom is -0.374 e. The zero-order valence-electron chi connectivity index (χ0n) is 21.5. The van der Waals surface area contributed by atoms with Crippen LogP contribution >= 0.6 is 0 Å². The van der Waals surface area contributed by atoms with Gasteiger partial charge in [0.15, 0.2) is 0 Å². The highest BCUT2D eigenvalue weighted by atomic mass is 16.6. The molecule has 1 saturated heterocycles. The molecule has 5 heteroatoms. The first kappa shape index (κ1) is 26.3. The molecule has 1 heterocycles. The van der Waals surface area contributed by atoms with E-state index in [2.05, 4.69) is 36.4 Å².